The van der Waals surface area contributed by atoms with Crippen LogP contribution in [0, 0.1) is 5.82 Å². The van der Waals surface area contributed by atoms with E-state index in [2.05, 4.69) is 30.2 Å². The van der Waals surface area contributed by atoms with Gasteiger partial charge in [-0.2, -0.15) is 0 Å². The first-order chi connectivity index (χ1) is 10.2. The predicted octanol–water partition coefficient (Wildman–Crippen LogP) is 4.05. The average molecular weight is 287 g/mol. The maximum Gasteiger partial charge on any atom is 0.132 e. The number of nitrogens with one attached hydrogen (secondary N) is 1. The topological polar surface area (TPSA) is 28.2 Å². The second kappa shape index (κ2) is 7.18. The fourth-order valence-corrected chi connectivity index (χ4v) is 2.36. The van der Waals surface area contributed by atoms with Crippen molar-refractivity contribution < 1.29 is 4.39 Å². The van der Waals surface area contributed by atoms with E-state index in [-0.39, 0.29) is 11.9 Å². The maximum atomic E-state index is 13.4. The minimum Gasteiger partial charge on any atom is -0.327 e. The summed E-state index contributed by atoms with van der Waals surface area (Å²) in [5, 5.41) is 3.36. The van der Waals surface area contributed by atoms with E-state index in [0.29, 0.717) is 0 Å². The first kappa shape index (κ1) is 15.4. The van der Waals surface area contributed by atoms with Gasteiger partial charge in [-0.05, 0) is 50.2 Å². The minimum atomic E-state index is -0.233. The zero-order chi connectivity index (χ0) is 15.2. The fraction of sp³-hybridized carbons (Fsp3) is 0.353. The Morgan fingerprint density at radius 3 is 2.62 bits per heavy atom. The van der Waals surface area contributed by atoms with Crippen LogP contribution in [0.25, 0.3) is 0 Å². The predicted molar refractivity (Wildman–Crippen MR) is 85.4 cm³/mol. The van der Waals surface area contributed by atoms with Crippen molar-refractivity contribution >= 4 is 11.5 Å². The normalized spacial score (nSPS) is 12.2. The van der Waals surface area contributed by atoms with Crippen molar-refractivity contribution in [3.05, 3.63) is 54.0 Å². The van der Waals surface area contributed by atoms with E-state index in [0.717, 1.165) is 30.2 Å². The first-order valence-corrected chi connectivity index (χ1v) is 7.38. The molecule has 0 fully saturated rings. The molecule has 0 aliphatic rings. The molecule has 1 heterocycles. The number of halogens is 1. The van der Waals surface area contributed by atoms with Crippen molar-refractivity contribution in [3.63, 3.8) is 0 Å². The smallest absolute Gasteiger partial charge is 0.132 e. The van der Waals surface area contributed by atoms with Gasteiger partial charge in [0.25, 0.3) is 0 Å². The molecule has 4 heteroatoms. The van der Waals surface area contributed by atoms with Crippen LogP contribution in [-0.4, -0.2) is 18.1 Å². The van der Waals surface area contributed by atoms with E-state index in [1.807, 2.05) is 30.2 Å². The Balaban J connectivity index is 2.23. The number of aromatic nitrogens is 1. The molecule has 0 saturated carbocycles. The SMILES string of the molecule is CCNC(C)c1ccc(N(CC)c2cccc(F)c2)nc1. The van der Waals surface area contributed by atoms with Gasteiger partial charge in [-0.15, -0.1) is 0 Å². The number of pyridine rings is 1. The average Bonchev–Trinajstić information content (AvgIpc) is 2.49. The molecule has 0 spiro atoms. The molecule has 0 saturated heterocycles. The van der Waals surface area contributed by atoms with E-state index in [1.54, 1.807) is 6.07 Å². The molecule has 0 aliphatic carbocycles. The van der Waals surface area contributed by atoms with Crippen molar-refractivity contribution in [1.29, 1.82) is 0 Å². The van der Waals surface area contributed by atoms with Gasteiger partial charge in [-0.3, -0.25) is 0 Å². The first-order valence-electron chi connectivity index (χ1n) is 7.38. The summed E-state index contributed by atoms with van der Waals surface area (Å²) in [4.78, 5) is 6.51. The van der Waals surface area contributed by atoms with Crippen molar-refractivity contribution in [2.75, 3.05) is 18.0 Å². The number of hydrogen-bond donors (Lipinski definition) is 1. The number of anilines is 2. The highest BCUT2D eigenvalue weighted by Gasteiger charge is 2.10. The zero-order valence-corrected chi connectivity index (χ0v) is 12.8. The van der Waals surface area contributed by atoms with Crippen molar-refractivity contribution in [2.24, 2.45) is 0 Å². The summed E-state index contributed by atoms with van der Waals surface area (Å²) in [6.45, 7) is 7.89. The second-order valence-electron chi connectivity index (χ2n) is 4.95. The summed E-state index contributed by atoms with van der Waals surface area (Å²) in [5.74, 6) is 0.596. The summed E-state index contributed by atoms with van der Waals surface area (Å²) in [6.07, 6.45) is 1.88. The summed E-state index contributed by atoms with van der Waals surface area (Å²) < 4.78 is 13.4. The molecule has 0 bridgehead atoms. The van der Waals surface area contributed by atoms with Crippen LogP contribution < -0.4 is 10.2 Å². The Bertz CT molecular complexity index is 569. The summed E-state index contributed by atoms with van der Waals surface area (Å²) >= 11 is 0. The molecular weight excluding hydrogens is 265 g/mol. The Hall–Kier alpha value is -1.94. The molecular formula is C17H22FN3. The number of nitrogens with zero attached hydrogens (tertiary/aromatic N) is 2. The van der Waals surface area contributed by atoms with E-state index >= 15 is 0 Å². The lowest BCUT2D eigenvalue weighted by molar-refractivity contribution is 0.596. The number of rotatable bonds is 6. The summed E-state index contributed by atoms with van der Waals surface area (Å²) in [5.41, 5.74) is 1.97. The number of hydrogen-bond acceptors (Lipinski definition) is 3. The van der Waals surface area contributed by atoms with Gasteiger partial charge in [-0.25, -0.2) is 9.37 Å². The van der Waals surface area contributed by atoms with Crippen molar-refractivity contribution in [1.82, 2.24) is 10.3 Å². The molecule has 2 rings (SSSR count). The summed E-state index contributed by atoms with van der Waals surface area (Å²) in [7, 11) is 0. The molecule has 0 aliphatic heterocycles. The third-order valence-electron chi connectivity index (χ3n) is 3.49. The lowest BCUT2D eigenvalue weighted by Crippen LogP contribution is -2.19. The third kappa shape index (κ3) is 3.79. The van der Waals surface area contributed by atoms with E-state index in [9.17, 15) is 4.39 Å². The largest absolute Gasteiger partial charge is 0.327 e. The van der Waals surface area contributed by atoms with Crippen molar-refractivity contribution in [2.45, 2.75) is 26.8 Å². The molecule has 1 unspecified atom stereocenters. The van der Waals surface area contributed by atoms with Gasteiger partial charge in [0.05, 0.1) is 0 Å². The Morgan fingerprint density at radius 2 is 2.05 bits per heavy atom. The van der Waals surface area contributed by atoms with E-state index in [1.165, 1.54) is 12.1 Å². The molecule has 0 radical (unpaired) electrons. The molecule has 1 aromatic carbocycles. The molecule has 1 atom stereocenters. The quantitative estimate of drug-likeness (QED) is 0.868. The Labute approximate surface area is 125 Å². The Morgan fingerprint density at radius 1 is 1.24 bits per heavy atom. The standard InChI is InChI=1S/C17H22FN3/c1-4-19-13(3)14-9-10-17(20-12-14)21(5-2)16-8-6-7-15(18)11-16/h6-13,19H,4-5H2,1-3H3. The number of benzene rings is 1. The van der Waals surface area contributed by atoms with Crippen LogP contribution in [0.3, 0.4) is 0 Å². The monoisotopic (exact) mass is 287 g/mol. The van der Waals surface area contributed by atoms with E-state index in [4.69, 9.17) is 0 Å². The molecule has 112 valence electrons. The second-order valence-corrected chi connectivity index (χ2v) is 4.95. The van der Waals surface area contributed by atoms with Crippen LogP contribution in [0.5, 0.6) is 0 Å². The van der Waals surface area contributed by atoms with Gasteiger partial charge >= 0.3 is 0 Å². The van der Waals surface area contributed by atoms with Crippen molar-refractivity contribution in [3.8, 4) is 0 Å². The van der Waals surface area contributed by atoms with Gasteiger partial charge in [0.2, 0.25) is 0 Å². The summed E-state index contributed by atoms with van der Waals surface area (Å²) in [6, 6.07) is 10.9. The molecule has 2 aromatic rings. The Kier molecular flexibility index (Phi) is 5.28. The molecule has 3 nitrogen and oxygen atoms in total. The molecule has 1 N–H and O–H groups in total. The zero-order valence-electron chi connectivity index (χ0n) is 12.8. The highest BCUT2D eigenvalue weighted by molar-refractivity contribution is 5.59. The van der Waals surface area contributed by atoms with Crippen LogP contribution in [0.1, 0.15) is 32.4 Å². The third-order valence-corrected chi connectivity index (χ3v) is 3.49. The molecule has 0 amide bonds. The maximum absolute atomic E-state index is 13.4. The van der Waals surface area contributed by atoms with Gasteiger partial charge < -0.3 is 10.2 Å². The van der Waals surface area contributed by atoms with Crippen LogP contribution in [-0.2, 0) is 0 Å². The van der Waals surface area contributed by atoms with Gasteiger partial charge in [0.15, 0.2) is 0 Å². The molecule has 1 aromatic heterocycles. The van der Waals surface area contributed by atoms with E-state index < -0.39 is 0 Å². The lowest BCUT2D eigenvalue weighted by atomic mass is 10.1. The highest BCUT2D eigenvalue weighted by atomic mass is 19.1. The fourth-order valence-electron chi connectivity index (χ4n) is 2.36. The van der Waals surface area contributed by atoms with Gasteiger partial charge in [0.1, 0.15) is 11.6 Å². The van der Waals surface area contributed by atoms with Crippen LogP contribution >= 0.6 is 0 Å². The van der Waals surface area contributed by atoms with Gasteiger partial charge in [-0.1, -0.05) is 19.1 Å². The highest BCUT2D eigenvalue weighted by Crippen LogP contribution is 2.24. The molecule has 21 heavy (non-hydrogen) atoms. The van der Waals surface area contributed by atoms with Crippen LogP contribution in [0.4, 0.5) is 15.9 Å². The van der Waals surface area contributed by atoms with Crippen LogP contribution in [0.2, 0.25) is 0 Å². The lowest BCUT2D eigenvalue weighted by Gasteiger charge is -2.23. The minimum absolute atomic E-state index is 0.233. The van der Waals surface area contributed by atoms with Crippen LogP contribution in [0.15, 0.2) is 42.6 Å². The van der Waals surface area contributed by atoms with Gasteiger partial charge in [0, 0.05) is 24.5 Å².